The number of nitrogens with zero attached hydrogens (tertiary/aromatic N) is 2. The molecule has 6 nitrogen and oxygen atoms in total. The molecular formula is C16H25N3O3. The van der Waals surface area contributed by atoms with Gasteiger partial charge in [0.05, 0.1) is 0 Å². The van der Waals surface area contributed by atoms with E-state index in [1.54, 1.807) is 4.90 Å². The van der Waals surface area contributed by atoms with Crippen molar-refractivity contribution in [1.29, 1.82) is 0 Å². The summed E-state index contributed by atoms with van der Waals surface area (Å²) < 4.78 is 0. The Morgan fingerprint density at radius 1 is 0.864 bits per heavy atom. The molecule has 1 saturated heterocycles. The Kier molecular flexibility index (Phi) is 4.64. The lowest BCUT2D eigenvalue weighted by atomic mass is 10.0. The van der Waals surface area contributed by atoms with E-state index in [2.05, 4.69) is 5.32 Å². The van der Waals surface area contributed by atoms with Gasteiger partial charge in [-0.1, -0.05) is 12.8 Å². The van der Waals surface area contributed by atoms with Crippen LogP contribution in [0.15, 0.2) is 0 Å². The second-order valence-electron chi connectivity index (χ2n) is 6.78. The van der Waals surface area contributed by atoms with Crippen LogP contribution in [0.3, 0.4) is 0 Å². The van der Waals surface area contributed by atoms with Crippen molar-refractivity contribution in [2.45, 2.75) is 51.0 Å². The van der Waals surface area contributed by atoms with Crippen LogP contribution in [-0.2, 0) is 14.4 Å². The number of piperazine rings is 1. The summed E-state index contributed by atoms with van der Waals surface area (Å²) in [5, 5.41) is 2.72. The molecule has 0 atom stereocenters. The number of amides is 3. The zero-order valence-electron chi connectivity index (χ0n) is 13.1. The van der Waals surface area contributed by atoms with Crippen LogP contribution in [0.25, 0.3) is 0 Å². The molecule has 3 fully saturated rings. The Morgan fingerprint density at radius 3 is 2.05 bits per heavy atom. The zero-order chi connectivity index (χ0) is 15.5. The quantitative estimate of drug-likeness (QED) is 0.773. The van der Waals surface area contributed by atoms with Gasteiger partial charge in [0.25, 0.3) is 0 Å². The van der Waals surface area contributed by atoms with Crippen LogP contribution in [0, 0.1) is 5.92 Å². The molecule has 3 amide bonds. The molecule has 0 spiro atoms. The minimum absolute atomic E-state index is 0.200. The van der Waals surface area contributed by atoms with Gasteiger partial charge in [0, 0.05) is 38.6 Å². The molecule has 0 aromatic carbocycles. The Bertz CT molecular complexity index is 448. The Balaban J connectivity index is 1.42. The van der Waals surface area contributed by atoms with Gasteiger partial charge in [-0.15, -0.1) is 0 Å². The largest absolute Gasteiger partial charge is 0.345 e. The topological polar surface area (TPSA) is 69.7 Å². The number of hydrogen-bond acceptors (Lipinski definition) is 3. The standard InChI is InChI=1S/C16H25N3O3/c20-14(11-12-3-1-2-4-12)18-7-9-19(10-8-18)16(22)15(21)17-13-5-6-13/h12-13H,1-11H2,(H,17,21). The van der Waals surface area contributed by atoms with E-state index >= 15 is 0 Å². The molecule has 1 aliphatic heterocycles. The highest BCUT2D eigenvalue weighted by atomic mass is 16.2. The van der Waals surface area contributed by atoms with E-state index in [9.17, 15) is 14.4 Å². The van der Waals surface area contributed by atoms with Gasteiger partial charge in [0.1, 0.15) is 0 Å². The molecule has 3 aliphatic rings. The maximum atomic E-state index is 12.3. The third-order valence-corrected chi connectivity index (χ3v) is 4.96. The lowest BCUT2D eigenvalue weighted by molar-refractivity contribution is -0.148. The van der Waals surface area contributed by atoms with E-state index in [1.165, 1.54) is 25.7 Å². The summed E-state index contributed by atoms with van der Waals surface area (Å²) in [5.41, 5.74) is 0. The molecule has 122 valence electrons. The van der Waals surface area contributed by atoms with E-state index in [1.807, 2.05) is 4.90 Å². The van der Waals surface area contributed by atoms with E-state index in [0.717, 1.165) is 12.8 Å². The lowest BCUT2D eigenvalue weighted by Gasteiger charge is -2.34. The maximum Gasteiger partial charge on any atom is 0.312 e. The van der Waals surface area contributed by atoms with Crippen molar-refractivity contribution in [3.63, 3.8) is 0 Å². The van der Waals surface area contributed by atoms with E-state index < -0.39 is 11.8 Å². The van der Waals surface area contributed by atoms with E-state index in [4.69, 9.17) is 0 Å². The molecular weight excluding hydrogens is 282 g/mol. The summed E-state index contributed by atoms with van der Waals surface area (Å²) in [6.07, 6.45) is 7.44. The average Bonchev–Trinajstić information content (AvgIpc) is 3.19. The van der Waals surface area contributed by atoms with Crippen molar-refractivity contribution in [3.8, 4) is 0 Å². The van der Waals surface area contributed by atoms with Crippen LogP contribution in [0.4, 0.5) is 0 Å². The first-order valence-electron chi connectivity index (χ1n) is 8.51. The lowest BCUT2D eigenvalue weighted by Crippen LogP contribution is -2.54. The molecule has 3 rings (SSSR count). The van der Waals surface area contributed by atoms with Crippen LogP contribution < -0.4 is 5.32 Å². The van der Waals surface area contributed by atoms with Crippen molar-refractivity contribution in [2.75, 3.05) is 26.2 Å². The van der Waals surface area contributed by atoms with Crippen LogP contribution in [0.1, 0.15) is 44.9 Å². The Labute approximate surface area is 131 Å². The molecule has 0 aromatic heterocycles. The summed E-state index contributed by atoms with van der Waals surface area (Å²) in [7, 11) is 0. The molecule has 1 heterocycles. The average molecular weight is 307 g/mol. The fraction of sp³-hybridized carbons (Fsp3) is 0.812. The normalized spacial score (nSPS) is 22.7. The molecule has 1 N–H and O–H groups in total. The highest BCUT2D eigenvalue weighted by molar-refractivity contribution is 6.35. The molecule has 2 saturated carbocycles. The van der Waals surface area contributed by atoms with Crippen LogP contribution in [-0.4, -0.2) is 59.7 Å². The van der Waals surface area contributed by atoms with Crippen molar-refractivity contribution in [3.05, 3.63) is 0 Å². The van der Waals surface area contributed by atoms with Gasteiger partial charge in [-0.25, -0.2) is 0 Å². The van der Waals surface area contributed by atoms with Crippen LogP contribution in [0.2, 0.25) is 0 Å². The highest BCUT2D eigenvalue weighted by Crippen LogP contribution is 2.28. The number of hydrogen-bond donors (Lipinski definition) is 1. The van der Waals surface area contributed by atoms with Gasteiger partial charge in [0.2, 0.25) is 5.91 Å². The molecule has 2 aliphatic carbocycles. The van der Waals surface area contributed by atoms with Crippen molar-refractivity contribution in [1.82, 2.24) is 15.1 Å². The Morgan fingerprint density at radius 2 is 1.45 bits per heavy atom. The first-order chi connectivity index (χ1) is 10.6. The minimum Gasteiger partial charge on any atom is -0.345 e. The summed E-state index contributed by atoms with van der Waals surface area (Å²) in [5.74, 6) is -0.180. The van der Waals surface area contributed by atoms with Crippen molar-refractivity contribution >= 4 is 17.7 Å². The second-order valence-corrected chi connectivity index (χ2v) is 6.78. The summed E-state index contributed by atoms with van der Waals surface area (Å²) >= 11 is 0. The number of carbonyl (C=O) groups excluding carboxylic acids is 3. The van der Waals surface area contributed by atoms with E-state index in [0.29, 0.717) is 38.5 Å². The Hall–Kier alpha value is -1.59. The molecule has 22 heavy (non-hydrogen) atoms. The van der Waals surface area contributed by atoms with Crippen LogP contribution in [0.5, 0.6) is 0 Å². The molecule has 6 heteroatoms. The molecule has 0 radical (unpaired) electrons. The molecule has 0 aromatic rings. The fourth-order valence-electron chi connectivity index (χ4n) is 3.37. The summed E-state index contributed by atoms with van der Waals surface area (Å²) in [6, 6.07) is 0.200. The monoisotopic (exact) mass is 307 g/mol. The predicted octanol–water partition coefficient (Wildman–Crippen LogP) is 0.516. The first kappa shape index (κ1) is 15.3. The highest BCUT2D eigenvalue weighted by Gasteiger charge is 2.32. The third-order valence-electron chi connectivity index (χ3n) is 4.96. The predicted molar refractivity (Wildman–Crippen MR) is 80.9 cm³/mol. The van der Waals surface area contributed by atoms with Crippen molar-refractivity contribution in [2.24, 2.45) is 5.92 Å². The SMILES string of the molecule is O=C(NC1CC1)C(=O)N1CCN(C(=O)CC2CCCC2)CC1. The molecule has 0 unspecified atom stereocenters. The molecule has 0 bridgehead atoms. The van der Waals surface area contributed by atoms with Gasteiger partial charge < -0.3 is 15.1 Å². The minimum atomic E-state index is -0.492. The number of nitrogens with one attached hydrogen (secondary N) is 1. The van der Waals surface area contributed by atoms with Gasteiger partial charge in [0.15, 0.2) is 0 Å². The second kappa shape index (κ2) is 6.67. The summed E-state index contributed by atoms with van der Waals surface area (Å²) in [4.78, 5) is 39.5. The number of rotatable bonds is 3. The van der Waals surface area contributed by atoms with Crippen LogP contribution >= 0.6 is 0 Å². The fourth-order valence-corrected chi connectivity index (χ4v) is 3.37. The van der Waals surface area contributed by atoms with E-state index in [-0.39, 0.29) is 11.9 Å². The maximum absolute atomic E-state index is 12.3. The number of carbonyl (C=O) groups is 3. The van der Waals surface area contributed by atoms with Gasteiger partial charge in [-0.05, 0) is 31.6 Å². The zero-order valence-corrected chi connectivity index (χ0v) is 13.1. The van der Waals surface area contributed by atoms with Gasteiger partial charge >= 0.3 is 11.8 Å². The third kappa shape index (κ3) is 3.78. The smallest absolute Gasteiger partial charge is 0.312 e. The summed E-state index contributed by atoms with van der Waals surface area (Å²) in [6.45, 7) is 2.03. The van der Waals surface area contributed by atoms with Crippen molar-refractivity contribution < 1.29 is 14.4 Å². The van der Waals surface area contributed by atoms with Gasteiger partial charge in [-0.3, -0.25) is 14.4 Å². The first-order valence-corrected chi connectivity index (χ1v) is 8.51. The van der Waals surface area contributed by atoms with Gasteiger partial charge in [-0.2, -0.15) is 0 Å².